The largest absolute Gasteiger partial charge is 0.462 e. The van der Waals surface area contributed by atoms with Crippen LogP contribution in [0.15, 0.2) is 60.8 Å². The third-order valence-electron chi connectivity index (χ3n) is 11.5. The molecule has 0 aliphatic rings. The molecular weight excluding hydrogens is 781 g/mol. The zero-order valence-electron chi connectivity index (χ0n) is 41.6. The molecule has 0 spiro atoms. The first-order valence-electron chi connectivity index (χ1n) is 26.8. The number of carbonyl (C=O) groups is 3. The van der Waals surface area contributed by atoms with Crippen LogP contribution in [-0.2, 0) is 28.6 Å². The first-order valence-corrected chi connectivity index (χ1v) is 26.8. The molecule has 0 N–H and O–H groups in total. The Balaban J connectivity index is 4.42. The molecule has 0 heterocycles. The third-order valence-corrected chi connectivity index (χ3v) is 11.5. The minimum atomic E-state index is -0.789. The fourth-order valence-corrected chi connectivity index (χ4v) is 7.42. The zero-order valence-corrected chi connectivity index (χ0v) is 41.6. The van der Waals surface area contributed by atoms with E-state index in [4.69, 9.17) is 14.2 Å². The summed E-state index contributed by atoms with van der Waals surface area (Å²) >= 11 is 0. The van der Waals surface area contributed by atoms with Gasteiger partial charge >= 0.3 is 17.9 Å². The Morgan fingerprint density at radius 3 is 0.952 bits per heavy atom. The van der Waals surface area contributed by atoms with Crippen LogP contribution >= 0.6 is 0 Å². The number of hydrogen-bond donors (Lipinski definition) is 0. The van der Waals surface area contributed by atoms with E-state index in [1.54, 1.807) is 0 Å². The highest BCUT2D eigenvalue weighted by Gasteiger charge is 2.19. The predicted molar refractivity (Wildman–Crippen MR) is 270 cm³/mol. The molecule has 0 unspecified atom stereocenters. The number of ether oxygens (including phenoxy) is 3. The number of unbranched alkanes of at least 4 members (excludes halogenated alkanes) is 27. The Hall–Kier alpha value is -2.89. The first-order chi connectivity index (χ1) is 31.0. The van der Waals surface area contributed by atoms with Crippen LogP contribution in [0.1, 0.15) is 265 Å². The molecule has 0 fully saturated rings. The molecule has 0 aliphatic heterocycles. The fraction of sp³-hybridized carbons (Fsp3) is 0.772. The third kappa shape index (κ3) is 50.0. The van der Waals surface area contributed by atoms with Gasteiger partial charge in [0.05, 0.1) is 0 Å². The van der Waals surface area contributed by atoms with Crippen molar-refractivity contribution in [2.45, 2.75) is 271 Å². The molecule has 0 rings (SSSR count). The van der Waals surface area contributed by atoms with Crippen LogP contribution in [0.2, 0.25) is 0 Å². The zero-order chi connectivity index (χ0) is 45.8. The Labute approximate surface area is 390 Å². The fourth-order valence-electron chi connectivity index (χ4n) is 7.42. The average Bonchev–Trinajstić information content (AvgIpc) is 3.28. The number of hydrogen-bond acceptors (Lipinski definition) is 6. The van der Waals surface area contributed by atoms with Crippen molar-refractivity contribution < 1.29 is 28.6 Å². The van der Waals surface area contributed by atoms with Gasteiger partial charge in [-0.25, -0.2) is 0 Å². The van der Waals surface area contributed by atoms with Crippen molar-refractivity contribution in [1.29, 1.82) is 0 Å². The molecule has 364 valence electrons. The molecule has 0 saturated heterocycles. The van der Waals surface area contributed by atoms with Crippen molar-refractivity contribution in [1.82, 2.24) is 0 Å². The summed E-state index contributed by atoms with van der Waals surface area (Å²) in [5.74, 6) is -0.921. The van der Waals surface area contributed by atoms with Crippen molar-refractivity contribution in [3.05, 3.63) is 60.8 Å². The monoisotopic (exact) mass is 881 g/mol. The van der Waals surface area contributed by atoms with Crippen LogP contribution in [-0.4, -0.2) is 37.2 Å². The maximum atomic E-state index is 12.8. The van der Waals surface area contributed by atoms with Crippen molar-refractivity contribution in [3.63, 3.8) is 0 Å². The van der Waals surface area contributed by atoms with Crippen LogP contribution in [0, 0.1) is 0 Å². The molecule has 6 nitrogen and oxygen atoms in total. The van der Waals surface area contributed by atoms with Gasteiger partial charge in [-0.2, -0.15) is 0 Å². The van der Waals surface area contributed by atoms with Crippen LogP contribution in [0.3, 0.4) is 0 Å². The Morgan fingerprint density at radius 1 is 0.317 bits per heavy atom. The lowest BCUT2D eigenvalue weighted by Crippen LogP contribution is -2.30. The van der Waals surface area contributed by atoms with Gasteiger partial charge < -0.3 is 14.2 Å². The van der Waals surface area contributed by atoms with Crippen molar-refractivity contribution in [2.24, 2.45) is 0 Å². The molecule has 63 heavy (non-hydrogen) atoms. The van der Waals surface area contributed by atoms with Gasteiger partial charge in [0.25, 0.3) is 0 Å². The van der Waals surface area contributed by atoms with Gasteiger partial charge in [0, 0.05) is 19.3 Å². The molecule has 1 atom stereocenters. The van der Waals surface area contributed by atoms with Crippen LogP contribution < -0.4 is 0 Å². The molecule has 6 heteroatoms. The number of esters is 3. The van der Waals surface area contributed by atoms with Crippen LogP contribution in [0.5, 0.6) is 0 Å². The van der Waals surface area contributed by atoms with E-state index < -0.39 is 6.10 Å². The standard InChI is InChI=1S/C57H100O6/c1-4-7-10-13-16-19-22-24-26-27-28-29-31-32-35-38-41-44-47-50-56(59)62-53-54(52-61-55(58)49-46-43-40-37-34-21-18-15-12-9-6-3)63-57(60)51-48-45-42-39-36-33-30-25-23-20-17-14-11-8-5-2/h16,19,24-26,28-30,32,35,54H,4-15,17-18,20-23,27,31,33-34,36-53H2,1-3H3/b19-16-,26-24-,29-28-,30-25-,35-32-/t54-/m0/s1. The summed E-state index contributed by atoms with van der Waals surface area (Å²) in [4.78, 5) is 38.0. The Kier molecular flexibility index (Phi) is 49.4. The molecule has 0 saturated carbocycles. The van der Waals surface area contributed by atoms with E-state index in [2.05, 4.69) is 81.5 Å². The van der Waals surface area contributed by atoms with E-state index >= 15 is 0 Å². The second kappa shape index (κ2) is 51.7. The van der Waals surface area contributed by atoms with Crippen molar-refractivity contribution >= 4 is 17.9 Å². The summed E-state index contributed by atoms with van der Waals surface area (Å²) < 4.78 is 16.8. The molecule has 0 amide bonds. The number of allylic oxidation sites excluding steroid dienone is 10. The Bertz CT molecular complexity index is 1150. The normalized spacial score (nSPS) is 12.5. The smallest absolute Gasteiger partial charge is 0.306 e. The van der Waals surface area contributed by atoms with Crippen LogP contribution in [0.25, 0.3) is 0 Å². The second-order valence-corrected chi connectivity index (χ2v) is 17.8. The van der Waals surface area contributed by atoms with E-state index in [1.165, 1.54) is 128 Å². The minimum Gasteiger partial charge on any atom is -0.462 e. The molecule has 0 aromatic rings. The van der Waals surface area contributed by atoms with Crippen LogP contribution in [0.4, 0.5) is 0 Å². The average molecular weight is 881 g/mol. The van der Waals surface area contributed by atoms with Gasteiger partial charge in [-0.05, 0) is 89.9 Å². The lowest BCUT2D eigenvalue weighted by atomic mass is 10.1. The summed E-state index contributed by atoms with van der Waals surface area (Å²) in [7, 11) is 0. The van der Waals surface area contributed by atoms with Gasteiger partial charge in [-0.15, -0.1) is 0 Å². The summed E-state index contributed by atoms with van der Waals surface area (Å²) in [5.41, 5.74) is 0. The molecule has 0 bridgehead atoms. The lowest BCUT2D eigenvalue weighted by molar-refractivity contribution is -0.167. The highest BCUT2D eigenvalue weighted by molar-refractivity contribution is 5.71. The summed E-state index contributed by atoms with van der Waals surface area (Å²) in [6.07, 6.45) is 63.4. The van der Waals surface area contributed by atoms with Gasteiger partial charge in [0.15, 0.2) is 6.10 Å². The van der Waals surface area contributed by atoms with E-state index in [9.17, 15) is 14.4 Å². The highest BCUT2D eigenvalue weighted by Crippen LogP contribution is 2.14. The molecule has 0 radical (unpaired) electrons. The van der Waals surface area contributed by atoms with Gasteiger partial charge in [-0.3, -0.25) is 14.4 Å². The molecule has 0 aliphatic carbocycles. The van der Waals surface area contributed by atoms with Crippen molar-refractivity contribution in [2.75, 3.05) is 13.2 Å². The Morgan fingerprint density at radius 2 is 0.571 bits per heavy atom. The quantitative estimate of drug-likeness (QED) is 0.0262. The summed E-state index contributed by atoms with van der Waals surface area (Å²) in [6.45, 7) is 6.57. The first kappa shape index (κ1) is 60.1. The maximum absolute atomic E-state index is 12.8. The van der Waals surface area contributed by atoms with E-state index in [-0.39, 0.29) is 31.1 Å². The van der Waals surface area contributed by atoms with Gasteiger partial charge in [-0.1, -0.05) is 216 Å². The summed E-state index contributed by atoms with van der Waals surface area (Å²) in [5, 5.41) is 0. The van der Waals surface area contributed by atoms with Gasteiger partial charge in [0.1, 0.15) is 13.2 Å². The second-order valence-electron chi connectivity index (χ2n) is 17.8. The minimum absolute atomic E-state index is 0.0860. The number of rotatable bonds is 48. The highest BCUT2D eigenvalue weighted by atomic mass is 16.6. The lowest BCUT2D eigenvalue weighted by Gasteiger charge is -2.18. The topological polar surface area (TPSA) is 78.9 Å². The predicted octanol–water partition coefficient (Wildman–Crippen LogP) is 17.6. The maximum Gasteiger partial charge on any atom is 0.306 e. The molecule has 0 aromatic carbocycles. The molecular formula is C57H100O6. The van der Waals surface area contributed by atoms with Gasteiger partial charge in [0.2, 0.25) is 0 Å². The number of carbonyl (C=O) groups excluding carboxylic acids is 3. The van der Waals surface area contributed by atoms with Crippen molar-refractivity contribution in [3.8, 4) is 0 Å². The SMILES string of the molecule is CCCCC/C=C\C/C=C\C/C=C\C/C=C\CCCCCC(=O)OC[C@H](COC(=O)CCCCCCCCCCCCC)OC(=O)CCCCCCC/C=C\CCCCCCCC. The summed E-state index contributed by atoms with van der Waals surface area (Å²) in [6, 6.07) is 0. The van der Waals surface area contributed by atoms with E-state index in [0.717, 1.165) is 96.3 Å². The van der Waals surface area contributed by atoms with E-state index in [0.29, 0.717) is 19.3 Å². The molecule has 0 aromatic heterocycles. The van der Waals surface area contributed by atoms with E-state index in [1.807, 2.05) is 0 Å².